The van der Waals surface area contributed by atoms with E-state index in [9.17, 15) is 9.59 Å². The molecule has 144 valence electrons. The molecule has 0 aliphatic heterocycles. The van der Waals surface area contributed by atoms with Gasteiger partial charge in [-0.25, -0.2) is 4.98 Å². The third kappa shape index (κ3) is 3.97. The van der Waals surface area contributed by atoms with E-state index in [-0.39, 0.29) is 11.5 Å². The average molecular weight is 406 g/mol. The second kappa shape index (κ2) is 7.77. The number of aromatic nitrogens is 2. The molecular weight excluding hydrogens is 390 g/mol. The number of para-hydroxylation sites is 1. The molecule has 2 aromatic heterocycles. The lowest BCUT2D eigenvalue weighted by molar-refractivity contribution is 0.102. The number of rotatable bonds is 4. The van der Waals surface area contributed by atoms with Crippen LogP contribution in [0, 0.1) is 0 Å². The molecule has 1 amide bonds. The highest BCUT2D eigenvalue weighted by atomic mass is 35.5. The number of ether oxygens (including phenoxy) is 1. The number of benzene rings is 2. The molecule has 6 nitrogen and oxygen atoms in total. The molecule has 2 heterocycles. The Bertz CT molecular complexity index is 1250. The van der Waals surface area contributed by atoms with E-state index >= 15 is 0 Å². The SMILES string of the molecule is Cn1c(=O)cc(C(=O)Nc2ccc(Oc3ccc(Cl)cc3)nc2)c2ccccc21. The van der Waals surface area contributed by atoms with Crippen molar-refractivity contribution in [3.63, 3.8) is 0 Å². The van der Waals surface area contributed by atoms with Crippen molar-refractivity contribution in [1.29, 1.82) is 0 Å². The van der Waals surface area contributed by atoms with Crippen LogP contribution in [-0.4, -0.2) is 15.5 Å². The van der Waals surface area contributed by atoms with E-state index < -0.39 is 0 Å². The zero-order chi connectivity index (χ0) is 20.4. The molecule has 1 N–H and O–H groups in total. The van der Waals surface area contributed by atoms with Gasteiger partial charge in [0.15, 0.2) is 0 Å². The first-order chi connectivity index (χ1) is 14.0. The highest BCUT2D eigenvalue weighted by Gasteiger charge is 2.14. The highest BCUT2D eigenvalue weighted by molar-refractivity contribution is 6.30. The lowest BCUT2D eigenvalue weighted by atomic mass is 10.1. The number of fused-ring (bicyclic) bond motifs is 1. The summed E-state index contributed by atoms with van der Waals surface area (Å²) in [4.78, 5) is 29.2. The maximum Gasteiger partial charge on any atom is 0.256 e. The van der Waals surface area contributed by atoms with Gasteiger partial charge in [0.2, 0.25) is 5.88 Å². The maximum absolute atomic E-state index is 12.8. The predicted molar refractivity (Wildman–Crippen MR) is 113 cm³/mol. The van der Waals surface area contributed by atoms with Crippen LogP contribution < -0.4 is 15.6 Å². The van der Waals surface area contributed by atoms with Gasteiger partial charge in [0.05, 0.1) is 23.0 Å². The van der Waals surface area contributed by atoms with Crippen molar-refractivity contribution in [3.8, 4) is 11.6 Å². The Morgan fingerprint density at radius 3 is 2.55 bits per heavy atom. The van der Waals surface area contributed by atoms with Crippen LogP contribution in [0.3, 0.4) is 0 Å². The summed E-state index contributed by atoms with van der Waals surface area (Å²) in [6, 6.07) is 18.8. The number of carbonyl (C=O) groups is 1. The Balaban J connectivity index is 1.55. The minimum Gasteiger partial charge on any atom is -0.439 e. The fourth-order valence-electron chi connectivity index (χ4n) is 2.93. The van der Waals surface area contributed by atoms with Gasteiger partial charge in [0.25, 0.3) is 11.5 Å². The van der Waals surface area contributed by atoms with Gasteiger partial charge < -0.3 is 14.6 Å². The van der Waals surface area contributed by atoms with E-state index in [1.165, 1.54) is 16.8 Å². The van der Waals surface area contributed by atoms with Crippen LogP contribution in [0.4, 0.5) is 5.69 Å². The molecule has 0 bridgehead atoms. The van der Waals surface area contributed by atoms with Crippen LogP contribution in [0.25, 0.3) is 10.9 Å². The molecule has 0 saturated carbocycles. The zero-order valence-corrected chi connectivity index (χ0v) is 16.2. The maximum atomic E-state index is 12.8. The standard InChI is InChI=1S/C22H16ClN3O3/c1-26-19-5-3-2-4-17(19)18(12-21(26)27)22(28)25-15-8-11-20(24-13-15)29-16-9-6-14(23)7-10-16/h2-13H,1H3,(H,25,28). The van der Waals surface area contributed by atoms with Crippen molar-refractivity contribution in [2.75, 3.05) is 5.32 Å². The number of hydrogen-bond acceptors (Lipinski definition) is 4. The molecule has 2 aromatic carbocycles. The molecule has 0 spiro atoms. The first kappa shape index (κ1) is 18.7. The molecule has 0 aliphatic rings. The number of halogens is 1. The number of hydrogen-bond donors (Lipinski definition) is 1. The number of aryl methyl sites for hydroxylation is 1. The quantitative estimate of drug-likeness (QED) is 0.537. The van der Waals surface area contributed by atoms with Crippen LogP contribution >= 0.6 is 11.6 Å². The molecule has 0 atom stereocenters. The van der Waals surface area contributed by atoms with Gasteiger partial charge >= 0.3 is 0 Å². The normalized spacial score (nSPS) is 10.7. The van der Waals surface area contributed by atoms with E-state index in [1.807, 2.05) is 18.2 Å². The summed E-state index contributed by atoms with van der Waals surface area (Å²) in [5.41, 5.74) is 1.24. The predicted octanol–water partition coefficient (Wildman–Crippen LogP) is 4.63. The fourth-order valence-corrected chi connectivity index (χ4v) is 3.06. The lowest BCUT2D eigenvalue weighted by Crippen LogP contribution is -2.21. The summed E-state index contributed by atoms with van der Waals surface area (Å²) in [5.74, 6) is 0.599. The molecule has 0 radical (unpaired) electrons. The first-order valence-corrected chi connectivity index (χ1v) is 9.19. The Morgan fingerprint density at radius 2 is 1.83 bits per heavy atom. The second-order valence-electron chi connectivity index (χ2n) is 6.37. The number of nitrogens with zero attached hydrogens (tertiary/aromatic N) is 2. The van der Waals surface area contributed by atoms with Crippen molar-refractivity contribution in [3.05, 3.63) is 93.9 Å². The van der Waals surface area contributed by atoms with E-state index in [0.717, 1.165) is 0 Å². The van der Waals surface area contributed by atoms with Gasteiger partial charge in [-0.2, -0.15) is 0 Å². The van der Waals surface area contributed by atoms with Gasteiger partial charge in [-0.05, 0) is 36.4 Å². The van der Waals surface area contributed by atoms with Crippen LogP contribution in [0.15, 0.2) is 77.7 Å². The van der Waals surface area contributed by atoms with Crippen molar-refractivity contribution in [2.45, 2.75) is 0 Å². The Morgan fingerprint density at radius 1 is 1.07 bits per heavy atom. The fraction of sp³-hybridized carbons (Fsp3) is 0.0455. The molecule has 7 heteroatoms. The van der Waals surface area contributed by atoms with Crippen LogP contribution in [0.1, 0.15) is 10.4 Å². The van der Waals surface area contributed by atoms with E-state index in [4.69, 9.17) is 16.3 Å². The van der Waals surface area contributed by atoms with Gasteiger partial charge in [0, 0.05) is 29.6 Å². The number of pyridine rings is 2. The minimum atomic E-state index is -0.382. The van der Waals surface area contributed by atoms with Crippen LogP contribution in [-0.2, 0) is 7.05 Å². The summed E-state index contributed by atoms with van der Waals surface area (Å²) >= 11 is 5.86. The lowest BCUT2D eigenvalue weighted by Gasteiger charge is -2.11. The number of carbonyl (C=O) groups excluding carboxylic acids is 1. The van der Waals surface area contributed by atoms with Crippen molar-refractivity contribution in [2.24, 2.45) is 7.05 Å². The van der Waals surface area contributed by atoms with Gasteiger partial charge in [0.1, 0.15) is 5.75 Å². The van der Waals surface area contributed by atoms with E-state index in [0.29, 0.717) is 38.8 Å². The Hall–Kier alpha value is -3.64. The molecule has 29 heavy (non-hydrogen) atoms. The average Bonchev–Trinajstić information content (AvgIpc) is 2.74. The van der Waals surface area contributed by atoms with Crippen LogP contribution in [0.5, 0.6) is 11.6 Å². The van der Waals surface area contributed by atoms with Crippen molar-refractivity contribution >= 4 is 34.1 Å². The first-order valence-electron chi connectivity index (χ1n) is 8.81. The molecule has 0 aliphatic carbocycles. The third-order valence-electron chi connectivity index (χ3n) is 4.43. The number of nitrogens with one attached hydrogen (secondary N) is 1. The molecular formula is C22H16ClN3O3. The zero-order valence-electron chi connectivity index (χ0n) is 15.4. The smallest absolute Gasteiger partial charge is 0.256 e. The summed E-state index contributed by atoms with van der Waals surface area (Å²) < 4.78 is 7.15. The second-order valence-corrected chi connectivity index (χ2v) is 6.80. The van der Waals surface area contributed by atoms with Gasteiger partial charge in [-0.15, -0.1) is 0 Å². The highest BCUT2D eigenvalue weighted by Crippen LogP contribution is 2.23. The van der Waals surface area contributed by atoms with Crippen LogP contribution in [0.2, 0.25) is 5.02 Å². The topological polar surface area (TPSA) is 73.2 Å². The molecule has 0 saturated heterocycles. The van der Waals surface area contributed by atoms with Gasteiger partial charge in [-0.1, -0.05) is 29.8 Å². The Labute approximate surface area is 171 Å². The molecule has 4 rings (SSSR count). The summed E-state index contributed by atoms with van der Waals surface area (Å²) in [6.45, 7) is 0. The summed E-state index contributed by atoms with van der Waals surface area (Å²) in [5, 5.41) is 4.09. The Kier molecular flexibility index (Phi) is 5.01. The summed E-state index contributed by atoms with van der Waals surface area (Å²) in [7, 11) is 1.68. The minimum absolute atomic E-state index is 0.251. The van der Waals surface area contributed by atoms with E-state index in [2.05, 4.69) is 10.3 Å². The number of anilines is 1. The van der Waals surface area contributed by atoms with Crippen molar-refractivity contribution < 1.29 is 9.53 Å². The van der Waals surface area contributed by atoms with E-state index in [1.54, 1.807) is 49.5 Å². The monoisotopic (exact) mass is 405 g/mol. The molecule has 4 aromatic rings. The number of amides is 1. The third-order valence-corrected chi connectivity index (χ3v) is 4.68. The summed E-state index contributed by atoms with van der Waals surface area (Å²) in [6.07, 6.45) is 1.49. The molecule has 0 unspecified atom stereocenters. The molecule has 0 fully saturated rings. The largest absolute Gasteiger partial charge is 0.439 e. The van der Waals surface area contributed by atoms with Gasteiger partial charge in [-0.3, -0.25) is 9.59 Å². The van der Waals surface area contributed by atoms with Crippen molar-refractivity contribution in [1.82, 2.24) is 9.55 Å².